The highest BCUT2D eigenvalue weighted by atomic mass is 32.1. The molecule has 0 saturated heterocycles. The molecule has 0 aliphatic heterocycles. The van der Waals surface area contributed by atoms with E-state index in [1.807, 2.05) is 48.5 Å². The van der Waals surface area contributed by atoms with Gasteiger partial charge in [-0.05, 0) is 30.3 Å². The number of hydrogen-bond acceptors (Lipinski definition) is 4. The van der Waals surface area contributed by atoms with Gasteiger partial charge >= 0.3 is 0 Å². The summed E-state index contributed by atoms with van der Waals surface area (Å²) in [4.78, 5) is 5.34. The summed E-state index contributed by atoms with van der Waals surface area (Å²) in [7, 11) is 0. The van der Waals surface area contributed by atoms with E-state index in [0.29, 0.717) is 16.6 Å². The molecule has 5 aromatic rings. The molecule has 0 spiro atoms. The van der Waals surface area contributed by atoms with Crippen LogP contribution in [-0.4, -0.2) is 19.3 Å². The normalized spacial score (nSPS) is 11.2. The third kappa shape index (κ3) is 2.64. The summed E-state index contributed by atoms with van der Waals surface area (Å²) in [6, 6.07) is 20.1. The first-order chi connectivity index (χ1) is 13.7. The Morgan fingerprint density at radius 1 is 0.929 bits per heavy atom. The van der Waals surface area contributed by atoms with Crippen LogP contribution < -0.4 is 5.49 Å². The fourth-order valence-corrected chi connectivity index (χ4v) is 4.13. The van der Waals surface area contributed by atoms with E-state index in [9.17, 15) is 4.39 Å². The molecular formula is C21H14FN5S. The Morgan fingerprint density at radius 2 is 1.71 bits per heavy atom. The zero-order chi connectivity index (χ0) is 19.1. The molecule has 0 radical (unpaired) electrons. The summed E-state index contributed by atoms with van der Waals surface area (Å²) in [5.41, 5.74) is 2.35. The number of para-hydroxylation sites is 1. The number of hydrogen-bond donors (Lipinski definition) is 1. The second kappa shape index (κ2) is 6.54. The van der Waals surface area contributed by atoms with Gasteiger partial charge in [-0.25, -0.2) is 14.1 Å². The fraction of sp³-hybridized carbons (Fsp3) is 0. The van der Waals surface area contributed by atoms with E-state index in [1.54, 1.807) is 33.9 Å². The summed E-state index contributed by atoms with van der Waals surface area (Å²) in [5.74, 6) is -0.260. The lowest BCUT2D eigenvalue weighted by Gasteiger charge is -2.05. The number of nitrogens with one attached hydrogen (secondary N) is 1. The molecule has 0 saturated carbocycles. The van der Waals surface area contributed by atoms with Crippen molar-refractivity contribution >= 4 is 22.4 Å². The standard InChI is InChI=1S/C21H14FN5S/c22-17-9-5-4-8-15(17)18-10-11-19(28-18)26-13-24-21-16(20(26)23)12-25-27(21)14-6-2-1-3-7-14/h1-13,23H. The molecule has 0 unspecified atom stereocenters. The number of benzene rings is 2. The van der Waals surface area contributed by atoms with Crippen molar-refractivity contribution in [3.63, 3.8) is 0 Å². The Balaban J connectivity index is 1.61. The molecule has 0 fully saturated rings. The van der Waals surface area contributed by atoms with Crippen molar-refractivity contribution in [3.8, 4) is 21.1 Å². The van der Waals surface area contributed by atoms with E-state index in [2.05, 4.69) is 10.1 Å². The van der Waals surface area contributed by atoms with Gasteiger partial charge in [-0.2, -0.15) is 5.10 Å². The highest BCUT2D eigenvalue weighted by Crippen LogP contribution is 2.31. The fourth-order valence-electron chi connectivity index (χ4n) is 3.12. The van der Waals surface area contributed by atoms with E-state index in [4.69, 9.17) is 5.41 Å². The average Bonchev–Trinajstić information content (AvgIpc) is 3.37. The van der Waals surface area contributed by atoms with E-state index in [1.165, 1.54) is 17.4 Å². The van der Waals surface area contributed by atoms with E-state index < -0.39 is 0 Å². The predicted octanol–water partition coefficient (Wildman–Crippen LogP) is 4.56. The van der Waals surface area contributed by atoms with Gasteiger partial charge < -0.3 is 0 Å². The second-order valence-corrected chi connectivity index (χ2v) is 7.27. The van der Waals surface area contributed by atoms with Crippen LogP contribution >= 0.6 is 11.3 Å². The zero-order valence-electron chi connectivity index (χ0n) is 14.6. The maximum atomic E-state index is 14.1. The molecule has 136 valence electrons. The van der Waals surface area contributed by atoms with Crippen LogP contribution in [0.1, 0.15) is 0 Å². The molecule has 0 aliphatic carbocycles. The van der Waals surface area contributed by atoms with Gasteiger partial charge in [0.15, 0.2) is 5.65 Å². The largest absolute Gasteiger partial charge is 0.283 e. The van der Waals surface area contributed by atoms with Crippen molar-refractivity contribution in [1.29, 1.82) is 5.41 Å². The maximum absolute atomic E-state index is 14.1. The molecule has 5 nitrogen and oxygen atoms in total. The van der Waals surface area contributed by atoms with Crippen molar-refractivity contribution in [2.24, 2.45) is 0 Å². The summed E-state index contributed by atoms with van der Waals surface area (Å²) in [6.45, 7) is 0. The van der Waals surface area contributed by atoms with Gasteiger partial charge in [0.25, 0.3) is 0 Å². The molecular weight excluding hydrogens is 373 g/mol. The lowest BCUT2D eigenvalue weighted by atomic mass is 10.2. The van der Waals surface area contributed by atoms with Gasteiger partial charge in [0.2, 0.25) is 0 Å². The number of fused-ring (bicyclic) bond motifs is 1. The maximum Gasteiger partial charge on any atom is 0.168 e. The summed E-state index contributed by atoms with van der Waals surface area (Å²) in [5, 5.41) is 14.5. The molecule has 28 heavy (non-hydrogen) atoms. The molecule has 0 atom stereocenters. The Hall–Kier alpha value is -3.58. The molecule has 0 bridgehead atoms. The van der Waals surface area contributed by atoms with Crippen LogP contribution in [0.25, 0.3) is 32.2 Å². The SMILES string of the molecule is N=c1c2cnn(-c3ccccc3)c2ncn1-c1ccc(-c2ccccc2F)s1. The third-order valence-electron chi connectivity index (χ3n) is 4.50. The molecule has 3 heterocycles. The monoisotopic (exact) mass is 387 g/mol. The Bertz CT molecular complexity index is 1350. The Kier molecular flexibility index (Phi) is 3.87. The topological polar surface area (TPSA) is 59.5 Å². The molecule has 0 amide bonds. The first-order valence-corrected chi connectivity index (χ1v) is 9.44. The minimum atomic E-state index is -0.260. The highest BCUT2D eigenvalue weighted by molar-refractivity contribution is 7.17. The smallest absolute Gasteiger partial charge is 0.168 e. The lowest BCUT2D eigenvalue weighted by molar-refractivity contribution is 0.631. The minimum absolute atomic E-state index is 0.260. The number of rotatable bonds is 3. The third-order valence-corrected chi connectivity index (χ3v) is 5.62. The molecule has 2 aromatic carbocycles. The highest BCUT2D eigenvalue weighted by Gasteiger charge is 2.13. The molecule has 1 N–H and O–H groups in total. The van der Waals surface area contributed by atoms with E-state index in [-0.39, 0.29) is 11.3 Å². The van der Waals surface area contributed by atoms with Crippen molar-refractivity contribution in [2.45, 2.75) is 0 Å². The number of aromatic nitrogens is 4. The van der Waals surface area contributed by atoms with Crippen molar-refractivity contribution in [2.75, 3.05) is 0 Å². The van der Waals surface area contributed by atoms with Crippen molar-refractivity contribution < 1.29 is 4.39 Å². The number of halogens is 1. The van der Waals surface area contributed by atoms with Crippen LogP contribution in [0.2, 0.25) is 0 Å². The Morgan fingerprint density at radius 3 is 2.54 bits per heavy atom. The van der Waals surface area contributed by atoms with Gasteiger partial charge in [0.1, 0.15) is 22.6 Å². The summed E-state index contributed by atoms with van der Waals surface area (Å²) < 4.78 is 17.5. The van der Waals surface area contributed by atoms with Gasteiger partial charge in [-0.3, -0.25) is 9.98 Å². The molecule has 0 aliphatic rings. The van der Waals surface area contributed by atoms with Gasteiger partial charge in [0, 0.05) is 10.4 Å². The Labute approximate surface area is 163 Å². The van der Waals surface area contributed by atoms with Crippen molar-refractivity contribution in [1.82, 2.24) is 19.3 Å². The molecule has 5 rings (SSSR count). The quantitative estimate of drug-likeness (QED) is 0.493. The average molecular weight is 387 g/mol. The number of thiophene rings is 1. The molecule has 7 heteroatoms. The van der Waals surface area contributed by atoms with Gasteiger partial charge in [-0.15, -0.1) is 11.3 Å². The second-order valence-electron chi connectivity index (χ2n) is 6.21. The minimum Gasteiger partial charge on any atom is -0.283 e. The predicted molar refractivity (Wildman–Crippen MR) is 107 cm³/mol. The van der Waals surface area contributed by atoms with E-state index >= 15 is 0 Å². The van der Waals surface area contributed by atoms with Crippen LogP contribution in [0.4, 0.5) is 4.39 Å². The van der Waals surface area contributed by atoms with E-state index in [0.717, 1.165) is 15.6 Å². The van der Waals surface area contributed by atoms with Crippen LogP contribution in [-0.2, 0) is 0 Å². The molecule has 3 aromatic heterocycles. The van der Waals surface area contributed by atoms with Crippen LogP contribution in [0.15, 0.2) is 79.3 Å². The lowest BCUT2D eigenvalue weighted by Crippen LogP contribution is -2.18. The zero-order valence-corrected chi connectivity index (χ0v) is 15.4. The van der Waals surface area contributed by atoms with Crippen LogP contribution in [0.5, 0.6) is 0 Å². The number of nitrogens with zero attached hydrogens (tertiary/aromatic N) is 4. The first kappa shape index (κ1) is 16.6. The summed E-state index contributed by atoms with van der Waals surface area (Å²) in [6.07, 6.45) is 3.27. The van der Waals surface area contributed by atoms with Crippen molar-refractivity contribution in [3.05, 3.63) is 90.6 Å². The van der Waals surface area contributed by atoms with Gasteiger partial charge in [0.05, 0.1) is 17.3 Å². The van der Waals surface area contributed by atoms with Crippen LogP contribution in [0, 0.1) is 11.2 Å². The van der Waals surface area contributed by atoms with Crippen LogP contribution in [0.3, 0.4) is 0 Å². The summed E-state index contributed by atoms with van der Waals surface area (Å²) >= 11 is 1.41. The van der Waals surface area contributed by atoms with Gasteiger partial charge in [-0.1, -0.05) is 36.4 Å². The first-order valence-electron chi connectivity index (χ1n) is 8.63.